The zero-order valence-corrected chi connectivity index (χ0v) is 8.89. The molecule has 6 nitrogen and oxygen atoms in total. The molecule has 0 atom stereocenters. The Hall–Kier alpha value is -2.03. The van der Waals surface area contributed by atoms with Crippen LogP contribution in [0.4, 0.5) is 0 Å². The van der Waals surface area contributed by atoms with Crippen LogP contribution in [0.5, 0.6) is 0 Å². The molecule has 0 saturated heterocycles. The number of rotatable bonds is 4. The van der Waals surface area contributed by atoms with Crippen molar-refractivity contribution < 1.29 is 14.6 Å². The van der Waals surface area contributed by atoms with Gasteiger partial charge in [0, 0.05) is 14.1 Å². The first-order valence-corrected chi connectivity index (χ1v) is 4.24. The first-order chi connectivity index (χ1) is 7.02. The van der Waals surface area contributed by atoms with E-state index >= 15 is 0 Å². The first-order valence-electron chi connectivity index (χ1n) is 4.24. The lowest BCUT2D eigenvalue weighted by Crippen LogP contribution is -2.11. The number of aliphatic imine (C=N–C) groups is 1. The summed E-state index contributed by atoms with van der Waals surface area (Å²) in [6, 6.07) is 1.53. The zero-order valence-electron chi connectivity index (χ0n) is 8.89. The Balaban J connectivity index is 4.84. The average Bonchev–Trinajstić information content (AvgIpc) is 2.16. The number of nitriles is 1. The Labute approximate surface area is 88.1 Å². The number of aliphatic hydroxyl groups is 1. The van der Waals surface area contributed by atoms with Gasteiger partial charge in [-0.25, -0.2) is 9.79 Å². The third kappa shape index (κ3) is 4.67. The predicted molar refractivity (Wildman–Crippen MR) is 54.1 cm³/mol. The predicted octanol–water partition coefficient (Wildman–Crippen LogP) is 0.433. The summed E-state index contributed by atoms with van der Waals surface area (Å²) in [6.07, 6.45) is 1.27. The van der Waals surface area contributed by atoms with Gasteiger partial charge in [0.15, 0.2) is 5.57 Å². The molecule has 0 heterocycles. The Morgan fingerprint density at radius 3 is 2.67 bits per heavy atom. The molecule has 0 spiro atoms. The van der Waals surface area contributed by atoms with E-state index in [2.05, 4.69) is 9.73 Å². The van der Waals surface area contributed by atoms with Gasteiger partial charge in [0.25, 0.3) is 0 Å². The highest BCUT2D eigenvalue weighted by Gasteiger charge is 2.15. The van der Waals surface area contributed by atoms with Crippen LogP contribution in [-0.2, 0) is 9.53 Å². The fourth-order valence-corrected chi connectivity index (χ4v) is 0.625. The van der Waals surface area contributed by atoms with Gasteiger partial charge < -0.3 is 14.7 Å². The smallest absolute Gasteiger partial charge is 0.354 e. The highest BCUT2D eigenvalue weighted by atomic mass is 16.5. The standard InChI is InChI=1S/C9H13N3O3/c1-4-15-9(14)7(5-10)8(13)11-6-12(2)3/h6,13H,4H2,1-3H3. The third-order valence-corrected chi connectivity index (χ3v) is 1.23. The normalized spacial score (nSPS) is 11.9. The lowest BCUT2D eigenvalue weighted by atomic mass is 10.3. The number of hydrogen-bond donors (Lipinski definition) is 1. The largest absolute Gasteiger partial charge is 0.492 e. The van der Waals surface area contributed by atoms with E-state index in [0.717, 1.165) is 0 Å². The minimum Gasteiger partial charge on any atom is -0.492 e. The summed E-state index contributed by atoms with van der Waals surface area (Å²) in [4.78, 5) is 16.2. The lowest BCUT2D eigenvalue weighted by Gasteiger charge is -2.03. The van der Waals surface area contributed by atoms with Gasteiger partial charge in [0.05, 0.1) is 12.9 Å². The second-order valence-corrected chi connectivity index (χ2v) is 2.74. The second-order valence-electron chi connectivity index (χ2n) is 2.74. The molecule has 0 aromatic carbocycles. The van der Waals surface area contributed by atoms with Crippen LogP contribution in [0.25, 0.3) is 0 Å². The highest BCUT2D eigenvalue weighted by Crippen LogP contribution is 2.04. The van der Waals surface area contributed by atoms with E-state index in [-0.39, 0.29) is 6.61 Å². The number of ether oxygens (including phenoxy) is 1. The Bertz CT molecular complexity index is 326. The van der Waals surface area contributed by atoms with E-state index in [1.807, 2.05) is 0 Å². The van der Waals surface area contributed by atoms with Crippen LogP contribution < -0.4 is 0 Å². The molecule has 0 aliphatic rings. The van der Waals surface area contributed by atoms with Gasteiger partial charge in [-0.15, -0.1) is 0 Å². The van der Waals surface area contributed by atoms with Crippen molar-refractivity contribution in [1.29, 1.82) is 5.26 Å². The number of carbonyl (C=O) groups excluding carboxylic acids is 1. The van der Waals surface area contributed by atoms with Crippen molar-refractivity contribution in [3.8, 4) is 6.07 Å². The Morgan fingerprint density at radius 2 is 2.27 bits per heavy atom. The maximum Gasteiger partial charge on any atom is 0.354 e. The third-order valence-electron chi connectivity index (χ3n) is 1.23. The number of carbonyl (C=O) groups is 1. The van der Waals surface area contributed by atoms with E-state index < -0.39 is 17.4 Å². The molecule has 0 amide bonds. The van der Waals surface area contributed by atoms with Crippen LogP contribution in [-0.4, -0.2) is 43.0 Å². The van der Waals surface area contributed by atoms with Crippen molar-refractivity contribution in [2.24, 2.45) is 4.99 Å². The number of aliphatic hydroxyl groups excluding tert-OH is 1. The van der Waals surface area contributed by atoms with Crippen LogP contribution in [0.2, 0.25) is 0 Å². The van der Waals surface area contributed by atoms with Crippen LogP contribution >= 0.6 is 0 Å². The van der Waals surface area contributed by atoms with Crippen molar-refractivity contribution >= 4 is 12.3 Å². The van der Waals surface area contributed by atoms with Gasteiger partial charge in [0.2, 0.25) is 5.88 Å². The molecule has 0 aromatic heterocycles. The number of hydrogen-bond acceptors (Lipinski definition) is 5. The van der Waals surface area contributed by atoms with E-state index in [1.54, 1.807) is 25.9 Å². The molecule has 0 unspecified atom stereocenters. The van der Waals surface area contributed by atoms with Crippen molar-refractivity contribution in [3.05, 3.63) is 11.5 Å². The van der Waals surface area contributed by atoms with Crippen LogP contribution in [0.15, 0.2) is 16.4 Å². The molecule has 0 aliphatic carbocycles. The molecule has 0 aromatic rings. The molecule has 0 fully saturated rings. The van der Waals surface area contributed by atoms with Crippen molar-refractivity contribution in [2.75, 3.05) is 20.7 Å². The van der Waals surface area contributed by atoms with Gasteiger partial charge in [0.1, 0.15) is 6.07 Å². The Kier molecular flexibility index (Phi) is 5.56. The van der Waals surface area contributed by atoms with E-state index in [9.17, 15) is 9.90 Å². The second kappa shape index (κ2) is 6.43. The number of nitrogens with zero attached hydrogens (tertiary/aromatic N) is 3. The summed E-state index contributed by atoms with van der Waals surface area (Å²) in [5.41, 5.74) is -0.505. The Morgan fingerprint density at radius 1 is 1.67 bits per heavy atom. The first kappa shape index (κ1) is 13.0. The summed E-state index contributed by atoms with van der Waals surface area (Å²) < 4.78 is 4.56. The average molecular weight is 211 g/mol. The van der Waals surface area contributed by atoms with Crippen molar-refractivity contribution in [2.45, 2.75) is 6.92 Å². The quantitative estimate of drug-likeness (QED) is 0.182. The highest BCUT2D eigenvalue weighted by molar-refractivity contribution is 5.93. The summed E-state index contributed by atoms with van der Waals surface area (Å²) in [6.45, 7) is 1.74. The van der Waals surface area contributed by atoms with Crippen LogP contribution in [0.3, 0.4) is 0 Å². The van der Waals surface area contributed by atoms with Gasteiger partial charge in [-0.1, -0.05) is 0 Å². The van der Waals surface area contributed by atoms with Crippen molar-refractivity contribution in [1.82, 2.24) is 4.90 Å². The fraction of sp³-hybridized carbons (Fsp3) is 0.444. The maximum absolute atomic E-state index is 11.1. The molecule has 0 rings (SSSR count). The van der Waals surface area contributed by atoms with E-state index in [0.29, 0.717) is 0 Å². The minimum absolute atomic E-state index is 0.134. The molecule has 15 heavy (non-hydrogen) atoms. The van der Waals surface area contributed by atoms with Gasteiger partial charge in [-0.05, 0) is 6.92 Å². The van der Waals surface area contributed by atoms with E-state index in [4.69, 9.17) is 5.26 Å². The number of esters is 1. The summed E-state index contributed by atoms with van der Waals surface area (Å²) in [7, 11) is 3.38. The zero-order chi connectivity index (χ0) is 11.8. The monoisotopic (exact) mass is 211 g/mol. The maximum atomic E-state index is 11.1. The molecule has 82 valence electrons. The van der Waals surface area contributed by atoms with Gasteiger partial charge >= 0.3 is 5.97 Å². The van der Waals surface area contributed by atoms with Crippen LogP contribution in [0.1, 0.15) is 6.92 Å². The summed E-state index contributed by atoms with van der Waals surface area (Å²) >= 11 is 0. The lowest BCUT2D eigenvalue weighted by molar-refractivity contribution is -0.138. The molecule has 0 aliphatic heterocycles. The minimum atomic E-state index is -0.881. The summed E-state index contributed by atoms with van der Waals surface area (Å²) in [5.74, 6) is -1.53. The van der Waals surface area contributed by atoms with Crippen LogP contribution in [0, 0.1) is 11.3 Å². The van der Waals surface area contributed by atoms with Gasteiger partial charge in [-0.2, -0.15) is 5.26 Å². The molecule has 0 saturated carbocycles. The molecule has 0 bridgehead atoms. The fourth-order valence-electron chi connectivity index (χ4n) is 0.625. The summed E-state index contributed by atoms with van der Waals surface area (Å²) in [5, 5.41) is 17.9. The topological polar surface area (TPSA) is 85.9 Å². The van der Waals surface area contributed by atoms with E-state index in [1.165, 1.54) is 12.4 Å². The van der Waals surface area contributed by atoms with Gasteiger partial charge in [-0.3, -0.25) is 0 Å². The SMILES string of the molecule is CCOC(=O)C(C#N)=C(O)N=CN(C)C. The molecule has 1 N–H and O–H groups in total. The molecule has 0 radical (unpaired) electrons. The van der Waals surface area contributed by atoms with Crippen molar-refractivity contribution in [3.63, 3.8) is 0 Å². The molecular weight excluding hydrogens is 198 g/mol. The molecule has 6 heteroatoms. The molecular formula is C9H13N3O3.